The number of imide groups is 1. The van der Waals surface area contributed by atoms with Gasteiger partial charge < -0.3 is 10.3 Å². The first-order valence-corrected chi connectivity index (χ1v) is 10.2. The summed E-state index contributed by atoms with van der Waals surface area (Å²) in [6, 6.07) is 16.9. The number of carbonyl (C=O) groups excluding carboxylic acids is 2. The maximum atomic E-state index is 12.6. The Hall–Kier alpha value is -3.34. The van der Waals surface area contributed by atoms with Crippen molar-refractivity contribution in [2.75, 3.05) is 0 Å². The van der Waals surface area contributed by atoms with Crippen LogP contribution in [-0.2, 0) is 15.1 Å². The molecule has 1 aromatic heterocycles. The Kier molecular flexibility index (Phi) is 3.34. The van der Waals surface area contributed by atoms with E-state index in [1.807, 2.05) is 12.3 Å². The van der Waals surface area contributed by atoms with E-state index >= 15 is 0 Å². The summed E-state index contributed by atoms with van der Waals surface area (Å²) in [5.74, 6) is -0.121. The Balaban J connectivity index is 1.49. The highest BCUT2D eigenvalue weighted by Gasteiger charge is 2.45. The molecule has 2 aromatic carbocycles. The Bertz CT molecular complexity index is 1200. The number of benzene rings is 2. The van der Waals surface area contributed by atoms with Crippen molar-refractivity contribution in [2.24, 2.45) is 0 Å². The lowest BCUT2D eigenvalue weighted by Gasteiger charge is -2.42. The summed E-state index contributed by atoms with van der Waals surface area (Å²) >= 11 is 0. The largest absolute Gasteiger partial charge is 0.370 e. The van der Waals surface area contributed by atoms with E-state index in [1.54, 1.807) is 0 Å². The monoisotopic (exact) mass is 383 g/mol. The Morgan fingerprint density at radius 2 is 1.69 bits per heavy atom. The Morgan fingerprint density at radius 3 is 2.48 bits per heavy atom. The van der Waals surface area contributed by atoms with Crippen molar-refractivity contribution < 1.29 is 9.59 Å². The first-order valence-electron chi connectivity index (χ1n) is 10.2. The molecule has 3 heterocycles. The average molecular weight is 383 g/mol. The molecular weight excluding hydrogens is 362 g/mol. The number of aromatic amines is 1. The van der Waals surface area contributed by atoms with E-state index < -0.39 is 0 Å². The number of H-pyrrole nitrogens is 1. The average Bonchev–Trinajstić information content (AvgIpc) is 3.25. The third kappa shape index (κ3) is 2.27. The molecule has 29 heavy (non-hydrogen) atoms. The van der Waals surface area contributed by atoms with Gasteiger partial charge in [-0.2, -0.15) is 0 Å². The number of hydrogen-bond donors (Lipinski definition) is 3. The lowest BCUT2D eigenvalue weighted by Crippen LogP contribution is -2.46. The molecule has 1 spiro atoms. The van der Waals surface area contributed by atoms with Crippen molar-refractivity contribution in [2.45, 2.75) is 37.1 Å². The van der Waals surface area contributed by atoms with Gasteiger partial charge in [0.25, 0.3) is 11.8 Å². The molecule has 1 aliphatic carbocycles. The predicted molar refractivity (Wildman–Crippen MR) is 111 cm³/mol. The van der Waals surface area contributed by atoms with Crippen LogP contribution in [0.5, 0.6) is 0 Å². The van der Waals surface area contributed by atoms with E-state index in [-0.39, 0.29) is 17.4 Å². The maximum Gasteiger partial charge on any atom is 0.275 e. The molecule has 3 aliphatic rings. The number of rotatable bonds is 1. The fourth-order valence-corrected chi connectivity index (χ4v) is 5.48. The summed E-state index contributed by atoms with van der Waals surface area (Å²) in [5.41, 5.74) is 4.94. The lowest BCUT2D eigenvalue weighted by molar-refractivity contribution is -0.123. The Morgan fingerprint density at radius 1 is 0.897 bits per heavy atom. The van der Waals surface area contributed by atoms with Gasteiger partial charge in [-0.25, -0.2) is 0 Å². The predicted octanol–water partition coefficient (Wildman–Crippen LogP) is 3.69. The molecule has 2 aliphatic heterocycles. The molecule has 0 radical (unpaired) electrons. The number of nitrogens with one attached hydrogen (secondary N) is 3. The summed E-state index contributed by atoms with van der Waals surface area (Å²) in [6.07, 6.45) is 5.75. The van der Waals surface area contributed by atoms with Crippen molar-refractivity contribution in [3.63, 3.8) is 0 Å². The highest BCUT2D eigenvalue weighted by molar-refractivity contribution is 6.37. The fraction of sp³-hybridized carbons (Fsp3) is 0.250. The molecule has 5 heteroatoms. The molecule has 0 atom stereocenters. The molecule has 3 N–H and O–H groups in total. The van der Waals surface area contributed by atoms with Crippen molar-refractivity contribution in [1.82, 2.24) is 15.6 Å². The van der Waals surface area contributed by atoms with Crippen LogP contribution in [0.2, 0.25) is 0 Å². The van der Waals surface area contributed by atoms with E-state index in [0.29, 0.717) is 17.2 Å². The molecule has 3 aromatic rings. The molecule has 0 unspecified atom stereocenters. The number of amides is 2. The van der Waals surface area contributed by atoms with Crippen LogP contribution in [0, 0.1) is 0 Å². The molecule has 0 saturated heterocycles. The van der Waals surface area contributed by atoms with E-state index in [2.05, 4.69) is 58.1 Å². The second-order valence-corrected chi connectivity index (χ2v) is 8.36. The first kappa shape index (κ1) is 16.6. The fourth-order valence-electron chi connectivity index (χ4n) is 5.48. The van der Waals surface area contributed by atoms with Crippen molar-refractivity contribution >= 4 is 28.3 Å². The van der Waals surface area contributed by atoms with Gasteiger partial charge in [0.15, 0.2) is 0 Å². The highest BCUT2D eigenvalue weighted by Crippen LogP contribution is 2.49. The van der Waals surface area contributed by atoms with Crippen molar-refractivity contribution in [3.8, 4) is 0 Å². The molecule has 0 bridgehead atoms. The second-order valence-electron chi connectivity index (χ2n) is 8.36. The van der Waals surface area contributed by atoms with Crippen LogP contribution in [0.4, 0.5) is 0 Å². The van der Waals surface area contributed by atoms with Crippen LogP contribution < -0.4 is 10.6 Å². The lowest BCUT2D eigenvalue weighted by atomic mass is 9.70. The number of carbonyl (C=O) groups is 2. The van der Waals surface area contributed by atoms with E-state index in [9.17, 15) is 9.59 Å². The SMILES string of the molecule is O=C1NC(=O)C2=C1NC1(CCC(c3ccccc3)CC1)c1cccc3[nH]cc2c13. The first-order chi connectivity index (χ1) is 14.2. The van der Waals surface area contributed by atoms with Crippen LogP contribution in [0.3, 0.4) is 0 Å². The minimum atomic E-state index is -0.346. The molecule has 5 nitrogen and oxygen atoms in total. The third-order valence-electron chi connectivity index (χ3n) is 6.90. The smallest absolute Gasteiger partial charge is 0.275 e. The van der Waals surface area contributed by atoms with Crippen molar-refractivity contribution in [3.05, 3.63) is 77.1 Å². The van der Waals surface area contributed by atoms with E-state index in [1.165, 1.54) is 11.1 Å². The van der Waals surface area contributed by atoms with E-state index in [0.717, 1.165) is 42.1 Å². The zero-order valence-corrected chi connectivity index (χ0v) is 15.9. The molecule has 6 rings (SSSR count). The zero-order valence-electron chi connectivity index (χ0n) is 15.9. The maximum absolute atomic E-state index is 12.6. The van der Waals surface area contributed by atoms with E-state index in [4.69, 9.17) is 0 Å². The van der Waals surface area contributed by atoms with Crippen LogP contribution in [-0.4, -0.2) is 16.8 Å². The van der Waals surface area contributed by atoms with Crippen LogP contribution in [0.1, 0.15) is 48.3 Å². The van der Waals surface area contributed by atoms with Crippen molar-refractivity contribution in [1.29, 1.82) is 0 Å². The van der Waals surface area contributed by atoms with Crippen LogP contribution in [0.25, 0.3) is 16.5 Å². The van der Waals surface area contributed by atoms with Gasteiger partial charge in [0.2, 0.25) is 0 Å². The van der Waals surface area contributed by atoms with Crippen LogP contribution >= 0.6 is 0 Å². The molecular formula is C24H21N3O2. The molecule has 144 valence electrons. The highest BCUT2D eigenvalue weighted by atomic mass is 16.2. The normalized spacial score (nSPS) is 25.7. The van der Waals surface area contributed by atoms with Crippen LogP contribution in [0.15, 0.2) is 60.4 Å². The standard InChI is InChI=1S/C24H21N3O2/c28-22-20-16-13-25-18-8-4-7-17(19(16)18)24(27-21(20)23(29)26-22)11-9-15(10-12-24)14-5-2-1-3-6-14/h1-8,13,15,25,27H,9-12H2,(H,26,28,29). The summed E-state index contributed by atoms with van der Waals surface area (Å²) in [5, 5.41) is 7.11. The minimum absolute atomic E-state index is 0.316. The van der Waals surface area contributed by atoms with Gasteiger partial charge in [-0.3, -0.25) is 14.9 Å². The number of fused-ring (bicyclic) bond motifs is 2. The zero-order chi connectivity index (χ0) is 19.6. The van der Waals surface area contributed by atoms with Gasteiger partial charge in [0.1, 0.15) is 5.70 Å². The quantitative estimate of drug-likeness (QED) is 0.561. The summed E-state index contributed by atoms with van der Waals surface area (Å²) in [7, 11) is 0. The molecule has 2 amide bonds. The van der Waals surface area contributed by atoms with Gasteiger partial charge in [-0.15, -0.1) is 0 Å². The summed E-state index contributed by atoms with van der Waals surface area (Å²) in [4.78, 5) is 28.5. The Labute approximate surface area is 168 Å². The minimum Gasteiger partial charge on any atom is -0.370 e. The third-order valence-corrected chi connectivity index (χ3v) is 6.90. The summed E-state index contributed by atoms with van der Waals surface area (Å²) < 4.78 is 0. The molecule has 1 fully saturated rings. The number of hydrogen-bond acceptors (Lipinski definition) is 3. The summed E-state index contributed by atoms with van der Waals surface area (Å²) in [6.45, 7) is 0. The molecule has 1 saturated carbocycles. The van der Waals surface area contributed by atoms with Gasteiger partial charge in [0.05, 0.1) is 11.1 Å². The number of aromatic nitrogens is 1. The second kappa shape index (κ2) is 5.83. The van der Waals surface area contributed by atoms with Gasteiger partial charge in [-0.05, 0) is 48.8 Å². The van der Waals surface area contributed by atoms with Gasteiger partial charge in [0, 0.05) is 22.7 Å². The topological polar surface area (TPSA) is 74.0 Å². The van der Waals surface area contributed by atoms with Gasteiger partial charge in [-0.1, -0.05) is 42.5 Å². The van der Waals surface area contributed by atoms with Gasteiger partial charge >= 0.3 is 0 Å².